The molecular weight excluding hydrogens is 428 g/mol. The molecule has 164 valence electrons. The molecular formula is C23H22N4O4S. The van der Waals surface area contributed by atoms with Gasteiger partial charge < -0.3 is 9.32 Å². The summed E-state index contributed by atoms with van der Waals surface area (Å²) >= 11 is 0. The van der Waals surface area contributed by atoms with E-state index in [2.05, 4.69) is 4.98 Å². The van der Waals surface area contributed by atoms with Crippen LogP contribution in [0.5, 0.6) is 0 Å². The fourth-order valence-electron chi connectivity index (χ4n) is 3.56. The van der Waals surface area contributed by atoms with Gasteiger partial charge in [0.2, 0.25) is 15.9 Å². The zero-order valence-electron chi connectivity index (χ0n) is 17.3. The maximum atomic E-state index is 12.8. The molecule has 4 rings (SSSR count). The molecule has 2 aromatic carbocycles. The van der Waals surface area contributed by atoms with Crippen molar-refractivity contribution in [1.29, 1.82) is 5.26 Å². The lowest BCUT2D eigenvalue weighted by Crippen LogP contribution is -2.50. The number of aryl methyl sites for hydroxylation is 1. The van der Waals surface area contributed by atoms with Crippen molar-refractivity contribution in [1.82, 2.24) is 14.2 Å². The highest BCUT2D eigenvalue weighted by Crippen LogP contribution is 2.21. The van der Waals surface area contributed by atoms with Crippen molar-refractivity contribution in [2.75, 3.05) is 26.2 Å². The minimum atomic E-state index is -3.65. The van der Waals surface area contributed by atoms with E-state index in [4.69, 9.17) is 9.68 Å². The number of carbonyl (C=O) groups excluding carboxylic acids is 1. The maximum Gasteiger partial charge on any atom is 0.243 e. The summed E-state index contributed by atoms with van der Waals surface area (Å²) in [4.78, 5) is 18.7. The van der Waals surface area contributed by atoms with Crippen LogP contribution in [-0.4, -0.2) is 54.7 Å². The van der Waals surface area contributed by atoms with Crippen LogP contribution in [0.1, 0.15) is 17.9 Å². The van der Waals surface area contributed by atoms with Gasteiger partial charge in [0.25, 0.3) is 0 Å². The van der Waals surface area contributed by atoms with Crippen LogP contribution in [0.15, 0.2) is 70.1 Å². The van der Waals surface area contributed by atoms with Crippen LogP contribution in [0.25, 0.3) is 11.3 Å². The number of oxazole rings is 1. The first kappa shape index (κ1) is 21.7. The Morgan fingerprint density at radius 2 is 1.72 bits per heavy atom. The van der Waals surface area contributed by atoms with E-state index in [1.807, 2.05) is 36.4 Å². The third kappa shape index (κ3) is 4.72. The average Bonchev–Trinajstić information content (AvgIpc) is 3.32. The van der Waals surface area contributed by atoms with E-state index in [1.54, 1.807) is 11.1 Å². The standard InChI is InChI=1S/C23H22N4O4S/c24-16-18-6-8-20(9-7-18)32(29,30)27-14-12-26(13-15-27)23(28)11-10-22-25-17-21(31-22)19-4-2-1-3-5-19/h1-9,17H,10-15H2. The number of carbonyl (C=O) groups is 1. The Labute approximate surface area is 186 Å². The predicted molar refractivity (Wildman–Crippen MR) is 117 cm³/mol. The summed E-state index contributed by atoms with van der Waals surface area (Å²) in [6.07, 6.45) is 2.29. The molecule has 1 saturated heterocycles. The van der Waals surface area contributed by atoms with Crippen LogP contribution in [-0.2, 0) is 21.2 Å². The number of nitriles is 1. The van der Waals surface area contributed by atoms with Crippen LogP contribution in [0, 0.1) is 11.3 Å². The summed E-state index contributed by atoms with van der Waals surface area (Å²) in [5.41, 5.74) is 1.33. The molecule has 0 saturated carbocycles. The summed E-state index contributed by atoms with van der Waals surface area (Å²) in [6, 6.07) is 17.4. The monoisotopic (exact) mass is 450 g/mol. The molecule has 1 aromatic heterocycles. The van der Waals surface area contributed by atoms with Crippen molar-refractivity contribution in [2.45, 2.75) is 17.7 Å². The summed E-state index contributed by atoms with van der Waals surface area (Å²) in [5, 5.41) is 8.87. The third-order valence-electron chi connectivity index (χ3n) is 5.38. The lowest BCUT2D eigenvalue weighted by molar-refractivity contribution is -0.132. The van der Waals surface area contributed by atoms with E-state index in [1.165, 1.54) is 28.6 Å². The molecule has 32 heavy (non-hydrogen) atoms. The van der Waals surface area contributed by atoms with Crippen LogP contribution >= 0.6 is 0 Å². The van der Waals surface area contributed by atoms with Gasteiger partial charge >= 0.3 is 0 Å². The number of sulfonamides is 1. The molecule has 9 heteroatoms. The Bertz CT molecular complexity index is 1220. The van der Waals surface area contributed by atoms with Crippen molar-refractivity contribution in [3.05, 3.63) is 72.2 Å². The number of nitrogens with zero attached hydrogens (tertiary/aromatic N) is 4. The SMILES string of the molecule is N#Cc1ccc(S(=O)(=O)N2CCN(C(=O)CCc3ncc(-c4ccccc4)o3)CC2)cc1. The molecule has 0 spiro atoms. The van der Waals surface area contributed by atoms with Crippen molar-refractivity contribution < 1.29 is 17.6 Å². The fraction of sp³-hybridized carbons (Fsp3) is 0.261. The smallest absolute Gasteiger partial charge is 0.243 e. The van der Waals surface area contributed by atoms with Crippen LogP contribution in [0.3, 0.4) is 0 Å². The minimum Gasteiger partial charge on any atom is -0.441 e. The van der Waals surface area contributed by atoms with E-state index >= 15 is 0 Å². The van der Waals surface area contributed by atoms with E-state index in [9.17, 15) is 13.2 Å². The van der Waals surface area contributed by atoms with Crippen molar-refractivity contribution >= 4 is 15.9 Å². The van der Waals surface area contributed by atoms with Gasteiger partial charge in [0.1, 0.15) is 0 Å². The first-order valence-electron chi connectivity index (χ1n) is 10.3. The zero-order chi connectivity index (χ0) is 22.6. The lowest BCUT2D eigenvalue weighted by atomic mass is 10.2. The number of amides is 1. The zero-order valence-corrected chi connectivity index (χ0v) is 18.2. The van der Waals surface area contributed by atoms with E-state index in [0.29, 0.717) is 36.7 Å². The second-order valence-electron chi connectivity index (χ2n) is 7.41. The lowest BCUT2D eigenvalue weighted by Gasteiger charge is -2.34. The van der Waals surface area contributed by atoms with Crippen molar-refractivity contribution in [3.8, 4) is 17.4 Å². The molecule has 0 N–H and O–H groups in total. The molecule has 3 aromatic rings. The van der Waals surface area contributed by atoms with Crippen LogP contribution in [0.2, 0.25) is 0 Å². The molecule has 1 fully saturated rings. The molecule has 1 aliphatic rings. The number of piperazine rings is 1. The van der Waals surface area contributed by atoms with Gasteiger partial charge in [0.15, 0.2) is 11.7 Å². The number of rotatable bonds is 6. The first-order chi connectivity index (χ1) is 15.5. The summed E-state index contributed by atoms with van der Waals surface area (Å²) in [6.45, 7) is 1.11. The minimum absolute atomic E-state index is 0.0557. The summed E-state index contributed by atoms with van der Waals surface area (Å²) in [5.74, 6) is 1.11. The Morgan fingerprint density at radius 3 is 2.38 bits per heavy atom. The van der Waals surface area contributed by atoms with E-state index < -0.39 is 10.0 Å². The van der Waals surface area contributed by atoms with Gasteiger partial charge in [-0.3, -0.25) is 4.79 Å². The van der Waals surface area contributed by atoms with Crippen molar-refractivity contribution in [3.63, 3.8) is 0 Å². The van der Waals surface area contributed by atoms with Crippen LogP contribution < -0.4 is 0 Å². The highest BCUT2D eigenvalue weighted by atomic mass is 32.2. The number of aromatic nitrogens is 1. The average molecular weight is 451 g/mol. The Hall–Kier alpha value is -3.48. The van der Waals surface area contributed by atoms with Gasteiger partial charge in [-0.1, -0.05) is 30.3 Å². The predicted octanol–water partition coefficient (Wildman–Crippen LogP) is 2.68. The Kier molecular flexibility index (Phi) is 6.35. The van der Waals surface area contributed by atoms with Gasteiger partial charge in [0, 0.05) is 44.6 Å². The first-order valence-corrected chi connectivity index (χ1v) is 11.7. The topological polar surface area (TPSA) is 108 Å². The van der Waals surface area contributed by atoms with Gasteiger partial charge in [-0.05, 0) is 24.3 Å². The van der Waals surface area contributed by atoms with Gasteiger partial charge in [-0.15, -0.1) is 0 Å². The molecule has 0 unspecified atom stereocenters. The molecule has 0 aliphatic carbocycles. The largest absolute Gasteiger partial charge is 0.441 e. The van der Waals surface area contributed by atoms with Crippen LogP contribution in [0.4, 0.5) is 0 Å². The second-order valence-corrected chi connectivity index (χ2v) is 9.34. The number of hydrogen-bond donors (Lipinski definition) is 0. The van der Waals surface area contributed by atoms with E-state index in [0.717, 1.165) is 5.56 Å². The van der Waals surface area contributed by atoms with Gasteiger partial charge in [-0.25, -0.2) is 13.4 Å². The highest BCUT2D eigenvalue weighted by Gasteiger charge is 2.30. The molecule has 2 heterocycles. The van der Waals surface area contributed by atoms with Gasteiger partial charge in [0.05, 0.1) is 22.7 Å². The Balaban J connectivity index is 1.30. The number of hydrogen-bond acceptors (Lipinski definition) is 6. The molecule has 8 nitrogen and oxygen atoms in total. The molecule has 1 amide bonds. The quantitative estimate of drug-likeness (QED) is 0.571. The summed E-state index contributed by atoms with van der Waals surface area (Å²) < 4.78 is 32.7. The van der Waals surface area contributed by atoms with Gasteiger partial charge in [-0.2, -0.15) is 9.57 Å². The Morgan fingerprint density at radius 1 is 1.03 bits per heavy atom. The normalized spacial score (nSPS) is 14.8. The highest BCUT2D eigenvalue weighted by molar-refractivity contribution is 7.89. The molecule has 0 radical (unpaired) electrons. The maximum absolute atomic E-state index is 12.8. The van der Waals surface area contributed by atoms with E-state index in [-0.39, 0.29) is 30.3 Å². The number of benzene rings is 2. The molecule has 1 aliphatic heterocycles. The third-order valence-corrected chi connectivity index (χ3v) is 7.29. The second kappa shape index (κ2) is 9.34. The molecule has 0 bridgehead atoms. The molecule has 0 atom stereocenters. The van der Waals surface area contributed by atoms with Crippen molar-refractivity contribution in [2.24, 2.45) is 0 Å². The fourth-order valence-corrected chi connectivity index (χ4v) is 4.98. The summed E-state index contributed by atoms with van der Waals surface area (Å²) in [7, 11) is -3.65.